The van der Waals surface area contributed by atoms with E-state index < -0.39 is 18.4 Å². The maximum atomic E-state index is 12.7. The van der Waals surface area contributed by atoms with Crippen LogP contribution in [-0.2, 0) is 5.92 Å². The van der Waals surface area contributed by atoms with Crippen molar-refractivity contribution in [3.63, 3.8) is 0 Å². The molecule has 1 heterocycles. The average molecular weight is 176 g/mol. The second kappa shape index (κ2) is 3.10. The van der Waals surface area contributed by atoms with Crippen LogP contribution in [0.4, 0.5) is 13.2 Å². The Balaban J connectivity index is 2.96. The fourth-order valence-corrected chi connectivity index (χ4v) is 0.710. The number of nitrogens with zero attached hydrogens (tertiary/aromatic N) is 1. The summed E-state index contributed by atoms with van der Waals surface area (Å²) in [6.07, 6.45) is 0.780. The summed E-state index contributed by atoms with van der Waals surface area (Å²) >= 11 is 0. The van der Waals surface area contributed by atoms with Crippen LogP contribution < -0.4 is 5.73 Å². The molecule has 0 aliphatic heterocycles. The number of rotatable bonds is 2. The Kier molecular flexibility index (Phi) is 2.32. The van der Waals surface area contributed by atoms with Crippen LogP contribution in [0.15, 0.2) is 18.3 Å². The van der Waals surface area contributed by atoms with Gasteiger partial charge in [-0.05, 0) is 12.1 Å². The van der Waals surface area contributed by atoms with Crippen LogP contribution in [0.25, 0.3) is 0 Å². The van der Waals surface area contributed by atoms with E-state index in [9.17, 15) is 13.2 Å². The summed E-state index contributed by atoms with van der Waals surface area (Å²) in [5, 5.41) is 0. The van der Waals surface area contributed by atoms with Crippen LogP contribution in [-0.4, -0.2) is 11.5 Å². The Hall–Kier alpha value is -1.10. The summed E-state index contributed by atoms with van der Waals surface area (Å²) < 4.78 is 37.7. The second-order valence-electron chi connectivity index (χ2n) is 2.28. The van der Waals surface area contributed by atoms with Gasteiger partial charge >= 0.3 is 0 Å². The highest BCUT2D eigenvalue weighted by molar-refractivity contribution is 5.15. The van der Waals surface area contributed by atoms with Crippen LogP contribution >= 0.6 is 0 Å². The lowest BCUT2D eigenvalue weighted by Crippen LogP contribution is -2.25. The van der Waals surface area contributed by atoms with E-state index in [0.29, 0.717) is 0 Å². The monoisotopic (exact) mass is 176 g/mol. The van der Waals surface area contributed by atoms with E-state index in [1.54, 1.807) is 0 Å². The highest BCUT2D eigenvalue weighted by atomic mass is 19.3. The highest BCUT2D eigenvalue weighted by Crippen LogP contribution is 2.25. The summed E-state index contributed by atoms with van der Waals surface area (Å²) in [4.78, 5) is 3.09. The molecule has 2 N–H and O–H groups in total. The van der Waals surface area contributed by atoms with Gasteiger partial charge in [0.25, 0.3) is 5.92 Å². The standard InChI is InChI=1S/C7H7F3N2/c8-6-2-1-5(3-12-6)7(9,10)4-11/h1-3H,4,11H2. The van der Waals surface area contributed by atoms with Gasteiger partial charge in [0, 0.05) is 11.8 Å². The van der Waals surface area contributed by atoms with Crippen molar-refractivity contribution in [3.8, 4) is 0 Å². The van der Waals surface area contributed by atoms with Crippen molar-refractivity contribution in [3.05, 3.63) is 29.8 Å². The van der Waals surface area contributed by atoms with Crippen molar-refractivity contribution in [1.29, 1.82) is 0 Å². The third-order valence-corrected chi connectivity index (χ3v) is 1.41. The van der Waals surface area contributed by atoms with E-state index in [1.165, 1.54) is 0 Å². The SMILES string of the molecule is NCC(F)(F)c1ccc(F)nc1. The molecular weight excluding hydrogens is 169 g/mol. The molecule has 1 aromatic heterocycles. The van der Waals surface area contributed by atoms with Crippen LogP contribution in [0.1, 0.15) is 5.56 Å². The minimum atomic E-state index is -3.12. The molecule has 0 spiro atoms. The zero-order valence-electron chi connectivity index (χ0n) is 6.10. The van der Waals surface area contributed by atoms with Gasteiger partial charge in [-0.25, -0.2) is 4.98 Å². The first kappa shape index (κ1) is 8.99. The molecule has 0 saturated heterocycles. The quantitative estimate of drug-likeness (QED) is 0.689. The summed E-state index contributed by atoms with van der Waals surface area (Å²) in [7, 11) is 0. The molecule has 0 aromatic carbocycles. The molecule has 0 bridgehead atoms. The van der Waals surface area contributed by atoms with E-state index in [0.717, 1.165) is 18.3 Å². The van der Waals surface area contributed by atoms with Gasteiger partial charge in [0.05, 0.1) is 6.54 Å². The summed E-state index contributed by atoms with van der Waals surface area (Å²) in [6, 6.07) is 1.84. The van der Waals surface area contributed by atoms with Gasteiger partial charge in [-0.3, -0.25) is 0 Å². The lowest BCUT2D eigenvalue weighted by molar-refractivity contribution is 0.00550. The Labute approximate surface area is 67.2 Å². The number of hydrogen-bond acceptors (Lipinski definition) is 2. The van der Waals surface area contributed by atoms with Crippen molar-refractivity contribution in [2.45, 2.75) is 5.92 Å². The summed E-state index contributed by atoms with van der Waals surface area (Å²) in [6.45, 7) is -0.805. The maximum absolute atomic E-state index is 12.7. The molecular formula is C7H7F3N2. The van der Waals surface area contributed by atoms with Crippen LogP contribution in [0.5, 0.6) is 0 Å². The summed E-state index contributed by atoms with van der Waals surface area (Å²) in [5.74, 6) is -3.91. The molecule has 66 valence electrons. The Morgan fingerprint density at radius 1 is 1.42 bits per heavy atom. The van der Waals surface area contributed by atoms with Gasteiger partial charge in [-0.1, -0.05) is 0 Å². The molecule has 0 aliphatic rings. The first-order valence-corrected chi connectivity index (χ1v) is 3.26. The minimum absolute atomic E-state index is 0.369. The number of hydrogen-bond donors (Lipinski definition) is 1. The fraction of sp³-hybridized carbons (Fsp3) is 0.286. The predicted octanol–water partition coefficient (Wildman–Crippen LogP) is 1.27. The minimum Gasteiger partial charge on any atom is -0.325 e. The van der Waals surface area contributed by atoms with Crippen LogP contribution in [0.2, 0.25) is 0 Å². The van der Waals surface area contributed by atoms with E-state index in [-0.39, 0.29) is 5.56 Å². The van der Waals surface area contributed by atoms with Gasteiger partial charge in [0.1, 0.15) is 0 Å². The Morgan fingerprint density at radius 2 is 2.08 bits per heavy atom. The molecule has 5 heteroatoms. The average Bonchev–Trinajstić information content (AvgIpc) is 2.05. The molecule has 0 saturated carbocycles. The van der Waals surface area contributed by atoms with Crippen molar-refractivity contribution < 1.29 is 13.2 Å². The number of alkyl halides is 2. The number of aromatic nitrogens is 1. The molecule has 0 atom stereocenters. The fourth-order valence-electron chi connectivity index (χ4n) is 0.710. The molecule has 1 rings (SSSR count). The van der Waals surface area contributed by atoms with Gasteiger partial charge in [-0.2, -0.15) is 13.2 Å². The third-order valence-electron chi connectivity index (χ3n) is 1.41. The first-order valence-electron chi connectivity index (χ1n) is 3.26. The van der Waals surface area contributed by atoms with Gasteiger partial charge < -0.3 is 5.73 Å². The lowest BCUT2D eigenvalue weighted by atomic mass is 10.1. The van der Waals surface area contributed by atoms with E-state index in [1.807, 2.05) is 0 Å². The highest BCUT2D eigenvalue weighted by Gasteiger charge is 2.29. The molecule has 0 unspecified atom stereocenters. The zero-order valence-corrected chi connectivity index (χ0v) is 6.10. The second-order valence-corrected chi connectivity index (χ2v) is 2.28. The van der Waals surface area contributed by atoms with E-state index in [4.69, 9.17) is 5.73 Å². The van der Waals surface area contributed by atoms with Crippen molar-refractivity contribution >= 4 is 0 Å². The maximum Gasteiger partial charge on any atom is 0.286 e. The molecule has 0 fully saturated rings. The Bertz CT molecular complexity index is 258. The molecule has 12 heavy (non-hydrogen) atoms. The van der Waals surface area contributed by atoms with Gasteiger partial charge in [0.15, 0.2) is 0 Å². The molecule has 1 aromatic rings. The molecule has 0 amide bonds. The van der Waals surface area contributed by atoms with E-state index in [2.05, 4.69) is 4.98 Å². The normalized spacial score (nSPS) is 11.7. The van der Waals surface area contributed by atoms with Crippen LogP contribution in [0, 0.1) is 5.95 Å². The van der Waals surface area contributed by atoms with Gasteiger partial charge in [-0.15, -0.1) is 0 Å². The first-order chi connectivity index (χ1) is 5.56. The zero-order chi connectivity index (χ0) is 9.19. The third kappa shape index (κ3) is 1.73. The predicted molar refractivity (Wildman–Crippen MR) is 37.1 cm³/mol. The molecule has 2 nitrogen and oxygen atoms in total. The smallest absolute Gasteiger partial charge is 0.286 e. The Morgan fingerprint density at radius 3 is 2.50 bits per heavy atom. The molecule has 0 aliphatic carbocycles. The molecule has 0 radical (unpaired) electrons. The van der Waals surface area contributed by atoms with E-state index >= 15 is 0 Å². The summed E-state index contributed by atoms with van der Waals surface area (Å²) in [5.41, 5.74) is 4.44. The van der Waals surface area contributed by atoms with Gasteiger partial charge in [0.2, 0.25) is 5.95 Å². The topological polar surface area (TPSA) is 38.9 Å². The number of pyridine rings is 1. The largest absolute Gasteiger partial charge is 0.325 e. The van der Waals surface area contributed by atoms with Crippen molar-refractivity contribution in [2.75, 3.05) is 6.54 Å². The van der Waals surface area contributed by atoms with Crippen molar-refractivity contribution in [1.82, 2.24) is 4.98 Å². The van der Waals surface area contributed by atoms with Crippen LogP contribution in [0.3, 0.4) is 0 Å². The number of nitrogens with two attached hydrogens (primary N) is 1. The van der Waals surface area contributed by atoms with Crippen molar-refractivity contribution in [2.24, 2.45) is 5.73 Å². The lowest BCUT2D eigenvalue weighted by Gasteiger charge is -2.12. The number of halogens is 3.